The number of hydrogen-bond donors (Lipinski definition) is 1. The topological polar surface area (TPSA) is 15.3 Å². The fourth-order valence-electron chi connectivity index (χ4n) is 2.32. The first-order valence-electron chi connectivity index (χ1n) is 6.65. The molecule has 0 saturated carbocycles. The van der Waals surface area contributed by atoms with Gasteiger partial charge in [-0.3, -0.25) is 0 Å². The van der Waals surface area contributed by atoms with Gasteiger partial charge >= 0.3 is 0 Å². The van der Waals surface area contributed by atoms with Crippen molar-refractivity contribution in [1.29, 1.82) is 0 Å². The maximum absolute atomic E-state index is 6.16. The van der Waals surface area contributed by atoms with Gasteiger partial charge in [-0.05, 0) is 51.2 Å². The van der Waals surface area contributed by atoms with Gasteiger partial charge < -0.3 is 10.2 Å². The van der Waals surface area contributed by atoms with Crippen LogP contribution in [0.4, 0.5) is 0 Å². The molecule has 0 aromatic heterocycles. The molecule has 0 spiro atoms. The van der Waals surface area contributed by atoms with Gasteiger partial charge in [0.25, 0.3) is 0 Å². The van der Waals surface area contributed by atoms with Crippen molar-refractivity contribution in [2.45, 2.75) is 23.8 Å². The van der Waals surface area contributed by atoms with E-state index in [1.54, 1.807) is 11.8 Å². The summed E-state index contributed by atoms with van der Waals surface area (Å²) in [5, 5.41) is 4.94. The van der Waals surface area contributed by atoms with Crippen molar-refractivity contribution >= 4 is 47.4 Å². The van der Waals surface area contributed by atoms with Gasteiger partial charge in [0.05, 0.1) is 5.02 Å². The number of halogens is 3. The zero-order valence-electron chi connectivity index (χ0n) is 11.6. The lowest BCUT2D eigenvalue weighted by atomic mass is 10.1. The average molecular weight is 356 g/mol. The van der Waals surface area contributed by atoms with Crippen LogP contribution in [-0.2, 0) is 0 Å². The Balaban J connectivity index is 0.00000200. The minimum absolute atomic E-state index is 0. The lowest BCUT2D eigenvalue weighted by Crippen LogP contribution is -2.41. The van der Waals surface area contributed by atoms with Gasteiger partial charge in [-0.1, -0.05) is 23.2 Å². The molecule has 0 aliphatic carbocycles. The molecule has 20 heavy (non-hydrogen) atoms. The zero-order chi connectivity index (χ0) is 13.7. The third kappa shape index (κ3) is 5.63. The summed E-state index contributed by atoms with van der Waals surface area (Å²) in [5.74, 6) is 1.04. The van der Waals surface area contributed by atoms with Gasteiger partial charge in [0.15, 0.2) is 0 Å². The molecular weight excluding hydrogens is 335 g/mol. The van der Waals surface area contributed by atoms with Crippen molar-refractivity contribution in [2.24, 2.45) is 0 Å². The Hall–Kier alpha value is 0.360. The molecule has 0 radical (unpaired) electrons. The minimum Gasteiger partial charge on any atom is -0.317 e. The number of hydrogen-bond acceptors (Lipinski definition) is 3. The molecule has 1 aromatic carbocycles. The molecule has 114 valence electrons. The fourth-order valence-corrected chi connectivity index (χ4v) is 3.85. The lowest BCUT2D eigenvalue weighted by Gasteiger charge is -2.31. The Morgan fingerprint density at radius 3 is 2.70 bits per heavy atom. The molecule has 0 amide bonds. The fraction of sp³-hybridized carbons (Fsp3) is 0.571. The maximum Gasteiger partial charge on any atom is 0.0542 e. The van der Waals surface area contributed by atoms with Gasteiger partial charge in [0, 0.05) is 28.3 Å². The molecular formula is C14H21Cl3N2S. The summed E-state index contributed by atoms with van der Waals surface area (Å²) in [6, 6.07) is 6.35. The van der Waals surface area contributed by atoms with Crippen LogP contribution in [0, 0.1) is 0 Å². The zero-order valence-corrected chi connectivity index (χ0v) is 14.7. The van der Waals surface area contributed by atoms with Crippen molar-refractivity contribution in [3.8, 4) is 0 Å². The second-order valence-corrected chi connectivity index (χ2v) is 6.87. The van der Waals surface area contributed by atoms with E-state index in [4.69, 9.17) is 23.2 Å². The molecule has 1 aliphatic heterocycles. The van der Waals surface area contributed by atoms with E-state index in [-0.39, 0.29) is 12.4 Å². The summed E-state index contributed by atoms with van der Waals surface area (Å²) in [5.41, 5.74) is 0. The Morgan fingerprint density at radius 1 is 1.30 bits per heavy atom. The number of nitrogens with one attached hydrogen (secondary N) is 1. The van der Waals surface area contributed by atoms with Crippen LogP contribution in [0.15, 0.2) is 23.1 Å². The van der Waals surface area contributed by atoms with E-state index in [2.05, 4.69) is 17.3 Å². The predicted octanol–water partition coefficient (Wildman–Crippen LogP) is 4.19. The molecule has 2 nitrogen and oxygen atoms in total. The van der Waals surface area contributed by atoms with Gasteiger partial charge in [-0.15, -0.1) is 24.2 Å². The van der Waals surface area contributed by atoms with Gasteiger partial charge in [0.1, 0.15) is 0 Å². The van der Waals surface area contributed by atoms with E-state index >= 15 is 0 Å². The van der Waals surface area contributed by atoms with E-state index in [9.17, 15) is 0 Å². The predicted molar refractivity (Wildman–Crippen MR) is 93.0 cm³/mol. The Labute approximate surface area is 142 Å². The summed E-state index contributed by atoms with van der Waals surface area (Å²) >= 11 is 13.9. The van der Waals surface area contributed by atoms with Crippen LogP contribution in [0.5, 0.6) is 0 Å². The summed E-state index contributed by atoms with van der Waals surface area (Å²) in [6.45, 7) is 3.36. The highest BCUT2D eigenvalue weighted by molar-refractivity contribution is 7.99. The molecule has 1 heterocycles. The summed E-state index contributed by atoms with van der Waals surface area (Å²) < 4.78 is 0. The summed E-state index contributed by atoms with van der Waals surface area (Å²) in [4.78, 5) is 3.54. The summed E-state index contributed by atoms with van der Waals surface area (Å²) in [7, 11) is 2.22. The van der Waals surface area contributed by atoms with Crippen molar-refractivity contribution in [1.82, 2.24) is 10.2 Å². The SMILES string of the molecule is CN(CCSc1cc(Cl)ccc1Cl)C1CCNCC1.Cl. The molecule has 1 aromatic rings. The standard InChI is InChI=1S/C14H20Cl2N2S.ClH/c1-18(12-4-6-17-7-5-12)8-9-19-14-10-11(15)2-3-13(14)16;/h2-3,10,12,17H,4-9H2,1H3;1H. The number of nitrogens with zero attached hydrogens (tertiary/aromatic N) is 1. The highest BCUT2D eigenvalue weighted by Gasteiger charge is 2.17. The van der Waals surface area contributed by atoms with Crippen LogP contribution in [0.25, 0.3) is 0 Å². The van der Waals surface area contributed by atoms with Crippen molar-refractivity contribution in [2.75, 3.05) is 32.4 Å². The highest BCUT2D eigenvalue weighted by atomic mass is 35.5. The lowest BCUT2D eigenvalue weighted by molar-refractivity contribution is 0.210. The van der Waals surface area contributed by atoms with Crippen LogP contribution >= 0.6 is 47.4 Å². The molecule has 2 rings (SSSR count). The van der Waals surface area contributed by atoms with Crippen LogP contribution in [0.1, 0.15) is 12.8 Å². The Kier molecular flexibility index (Phi) is 8.64. The third-order valence-electron chi connectivity index (χ3n) is 3.53. The van der Waals surface area contributed by atoms with Gasteiger partial charge in [0.2, 0.25) is 0 Å². The van der Waals surface area contributed by atoms with Crippen LogP contribution < -0.4 is 5.32 Å². The van der Waals surface area contributed by atoms with Gasteiger partial charge in [-0.25, -0.2) is 0 Å². The second kappa shape index (κ2) is 9.39. The van der Waals surface area contributed by atoms with Gasteiger partial charge in [-0.2, -0.15) is 0 Å². The van der Waals surface area contributed by atoms with Crippen molar-refractivity contribution in [3.05, 3.63) is 28.2 Å². The minimum atomic E-state index is 0. The van der Waals surface area contributed by atoms with Crippen molar-refractivity contribution < 1.29 is 0 Å². The molecule has 1 fully saturated rings. The summed E-state index contributed by atoms with van der Waals surface area (Å²) in [6.07, 6.45) is 2.50. The Morgan fingerprint density at radius 2 is 2.00 bits per heavy atom. The molecule has 1 aliphatic rings. The molecule has 0 bridgehead atoms. The Bertz CT molecular complexity index is 411. The monoisotopic (exact) mass is 354 g/mol. The molecule has 0 atom stereocenters. The number of rotatable bonds is 5. The van der Waals surface area contributed by atoms with E-state index < -0.39 is 0 Å². The first-order valence-corrected chi connectivity index (χ1v) is 8.40. The van der Waals surface area contributed by atoms with E-state index in [0.29, 0.717) is 0 Å². The number of thioether (sulfide) groups is 1. The molecule has 1 saturated heterocycles. The normalized spacial score (nSPS) is 16.2. The van der Waals surface area contributed by atoms with Crippen LogP contribution in [0.3, 0.4) is 0 Å². The largest absolute Gasteiger partial charge is 0.317 e. The highest BCUT2D eigenvalue weighted by Crippen LogP contribution is 2.29. The second-order valence-electron chi connectivity index (χ2n) is 4.88. The number of piperidine rings is 1. The van der Waals surface area contributed by atoms with E-state index in [1.807, 2.05) is 18.2 Å². The third-order valence-corrected chi connectivity index (χ3v) is 5.24. The van der Waals surface area contributed by atoms with Crippen molar-refractivity contribution in [3.63, 3.8) is 0 Å². The smallest absolute Gasteiger partial charge is 0.0542 e. The first-order chi connectivity index (χ1) is 9.16. The van der Waals surface area contributed by atoms with Crippen LogP contribution in [0.2, 0.25) is 10.0 Å². The average Bonchev–Trinajstić information content (AvgIpc) is 2.43. The van der Waals surface area contributed by atoms with E-state index in [0.717, 1.165) is 46.4 Å². The number of benzene rings is 1. The molecule has 0 unspecified atom stereocenters. The maximum atomic E-state index is 6.16. The first kappa shape index (κ1) is 18.4. The van der Waals surface area contributed by atoms with Crippen LogP contribution in [-0.4, -0.2) is 43.4 Å². The van der Waals surface area contributed by atoms with E-state index in [1.165, 1.54) is 12.8 Å². The molecule has 1 N–H and O–H groups in total. The molecule has 6 heteroatoms. The quantitative estimate of drug-likeness (QED) is 0.797.